The molecular weight excluding hydrogens is 530 g/mol. The van der Waals surface area contributed by atoms with Gasteiger partial charge in [0.1, 0.15) is 24.7 Å². The SMILES string of the molecule is CCOC(=O)c1cn(C2CC2)c2c(CF)c(-c3ccc4c(c3)CN(C(=O)OCc3ccccc3)C4)c(F)cc2c1=O. The lowest BCUT2D eigenvalue weighted by Crippen LogP contribution is -2.25. The van der Waals surface area contributed by atoms with E-state index in [-0.39, 0.29) is 53.4 Å². The number of pyridine rings is 1. The van der Waals surface area contributed by atoms with Gasteiger partial charge < -0.3 is 14.0 Å². The Morgan fingerprint density at radius 3 is 2.46 bits per heavy atom. The van der Waals surface area contributed by atoms with Gasteiger partial charge in [0.2, 0.25) is 5.43 Å². The zero-order valence-electron chi connectivity index (χ0n) is 22.5. The van der Waals surface area contributed by atoms with Gasteiger partial charge >= 0.3 is 12.1 Å². The van der Waals surface area contributed by atoms with Crippen LogP contribution < -0.4 is 5.43 Å². The van der Waals surface area contributed by atoms with E-state index < -0.39 is 30.0 Å². The first-order valence-electron chi connectivity index (χ1n) is 13.6. The number of aromatic nitrogens is 1. The Morgan fingerprint density at radius 1 is 1.00 bits per heavy atom. The molecule has 4 aromatic rings. The Labute approximate surface area is 234 Å². The van der Waals surface area contributed by atoms with Crippen molar-refractivity contribution in [3.63, 3.8) is 0 Å². The quantitative estimate of drug-likeness (QED) is 0.244. The molecule has 0 atom stereocenters. The van der Waals surface area contributed by atoms with Crippen molar-refractivity contribution in [1.82, 2.24) is 9.47 Å². The van der Waals surface area contributed by atoms with Crippen LogP contribution in [0.5, 0.6) is 0 Å². The summed E-state index contributed by atoms with van der Waals surface area (Å²) in [6.07, 6.45) is 2.56. The number of halogens is 2. The van der Waals surface area contributed by atoms with Gasteiger partial charge in [0.15, 0.2) is 0 Å². The Morgan fingerprint density at radius 2 is 1.76 bits per heavy atom. The van der Waals surface area contributed by atoms with Gasteiger partial charge in [0.05, 0.1) is 12.1 Å². The number of amides is 1. The fourth-order valence-corrected chi connectivity index (χ4v) is 5.49. The maximum Gasteiger partial charge on any atom is 0.410 e. The summed E-state index contributed by atoms with van der Waals surface area (Å²) in [4.78, 5) is 40.0. The van der Waals surface area contributed by atoms with Crippen LogP contribution in [0.2, 0.25) is 0 Å². The zero-order valence-corrected chi connectivity index (χ0v) is 22.5. The lowest BCUT2D eigenvalue weighted by Gasteiger charge is -2.19. The van der Waals surface area contributed by atoms with Gasteiger partial charge in [-0.1, -0.05) is 42.5 Å². The van der Waals surface area contributed by atoms with Gasteiger partial charge in [0.25, 0.3) is 0 Å². The molecule has 1 aromatic heterocycles. The second-order valence-corrected chi connectivity index (χ2v) is 10.4. The average molecular weight is 559 g/mol. The molecule has 7 nitrogen and oxygen atoms in total. The summed E-state index contributed by atoms with van der Waals surface area (Å²) in [5.41, 5.74) is 2.54. The average Bonchev–Trinajstić information content (AvgIpc) is 3.74. The first-order chi connectivity index (χ1) is 19.9. The standard InChI is InChI=1S/C32H28F2N2O5/c1-2-40-31(38)26-17-36(23-10-11-23)29-24(30(26)37)13-27(34)28(25(29)14-33)20-8-9-21-15-35(16-22(21)12-20)32(39)41-18-19-6-4-3-5-7-19/h3-9,12-13,17,23H,2,10-11,14-16,18H2,1H3. The summed E-state index contributed by atoms with van der Waals surface area (Å²) < 4.78 is 42.8. The highest BCUT2D eigenvalue weighted by molar-refractivity contribution is 5.96. The number of rotatable bonds is 7. The van der Waals surface area contributed by atoms with E-state index in [0.717, 1.165) is 35.6 Å². The minimum atomic E-state index is -1.01. The highest BCUT2D eigenvalue weighted by Crippen LogP contribution is 2.41. The number of hydrogen-bond acceptors (Lipinski definition) is 5. The number of carbonyl (C=O) groups excluding carboxylic acids is 2. The highest BCUT2D eigenvalue weighted by atomic mass is 19.1. The molecular formula is C32H28F2N2O5. The molecule has 0 saturated heterocycles. The first kappa shape index (κ1) is 26.7. The number of nitrogens with zero attached hydrogens (tertiary/aromatic N) is 2. The van der Waals surface area contributed by atoms with Crippen molar-refractivity contribution >= 4 is 23.0 Å². The fraction of sp³-hybridized carbons (Fsp3) is 0.281. The summed E-state index contributed by atoms with van der Waals surface area (Å²) in [6.45, 7) is 1.48. The Hall–Kier alpha value is -4.53. The smallest absolute Gasteiger partial charge is 0.410 e. The molecule has 1 fully saturated rings. The van der Waals surface area contributed by atoms with E-state index in [4.69, 9.17) is 9.47 Å². The molecule has 9 heteroatoms. The molecule has 0 unspecified atom stereocenters. The molecule has 1 aliphatic heterocycles. The first-order valence-corrected chi connectivity index (χ1v) is 13.6. The van der Waals surface area contributed by atoms with Crippen molar-refractivity contribution in [1.29, 1.82) is 0 Å². The van der Waals surface area contributed by atoms with Crippen molar-refractivity contribution in [2.75, 3.05) is 6.61 Å². The van der Waals surface area contributed by atoms with Crippen LogP contribution >= 0.6 is 0 Å². The van der Waals surface area contributed by atoms with E-state index in [1.54, 1.807) is 34.6 Å². The second-order valence-electron chi connectivity index (χ2n) is 10.4. The lowest BCUT2D eigenvalue weighted by molar-refractivity contribution is 0.0524. The molecule has 41 heavy (non-hydrogen) atoms. The van der Waals surface area contributed by atoms with Crippen LogP contribution in [-0.2, 0) is 35.8 Å². The number of carbonyl (C=O) groups is 2. The number of alkyl halides is 1. The van der Waals surface area contributed by atoms with Gasteiger partial charge in [-0.3, -0.25) is 9.69 Å². The normalized spacial score (nSPS) is 14.3. The van der Waals surface area contributed by atoms with Crippen LogP contribution in [0.3, 0.4) is 0 Å². The number of ether oxygens (including phenoxy) is 2. The largest absolute Gasteiger partial charge is 0.462 e. The molecule has 6 rings (SSSR count). The maximum absolute atomic E-state index is 15.8. The fourth-order valence-electron chi connectivity index (χ4n) is 5.49. The van der Waals surface area contributed by atoms with Crippen LogP contribution in [0.4, 0.5) is 13.6 Å². The third-order valence-electron chi connectivity index (χ3n) is 7.62. The monoisotopic (exact) mass is 558 g/mol. The zero-order chi connectivity index (χ0) is 28.7. The summed E-state index contributed by atoms with van der Waals surface area (Å²) in [6, 6.07) is 15.7. The number of esters is 1. The van der Waals surface area contributed by atoms with E-state index in [1.807, 2.05) is 30.3 Å². The van der Waals surface area contributed by atoms with Gasteiger partial charge in [-0.15, -0.1) is 0 Å². The summed E-state index contributed by atoms with van der Waals surface area (Å²) in [5, 5.41) is -0.0511. The Balaban J connectivity index is 1.36. The van der Waals surface area contributed by atoms with Gasteiger partial charge in [-0.2, -0.15) is 0 Å². The highest BCUT2D eigenvalue weighted by Gasteiger charge is 2.31. The van der Waals surface area contributed by atoms with Gasteiger partial charge in [-0.25, -0.2) is 18.4 Å². The number of hydrogen-bond donors (Lipinski definition) is 0. The topological polar surface area (TPSA) is 77.8 Å². The Bertz CT molecular complexity index is 1730. The van der Waals surface area contributed by atoms with Crippen molar-refractivity contribution in [2.45, 2.75) is 52.2 Å². The molecule has 0 N–H and O–H groups in total. The third-order valence-corrected chi connectivity index (χ3v) is 7.62. The summed E-state index contributed by atoms with van der Waals surface area (Å²) in [7, 11) is 0. The van der Waals surface area contributed by atoms with Crippen LogP contribution in [0, 0.1) is 5.82 Å². The lowest BCUT2D eigenvalue weighted by atomic mass is 9.93. The van der Waals surface area contributed by atoms with Crippen LogP contribution in [0.1, 0.15) is 58.4 Å². The van der Waals surface area contributed by atoms with Crippen molar-refractivity contribution in [3.8, 4) is 11.1 Å². The molecule has 1 aliphatic carbocycles. The molecule has 0 radical (unpaired) electrons. The summed E-state index contributed by atoms with van der Waals surface area (Å²) in [5.74, 6) is -1.55. The minimum Gasteiger partial charge on any atom is -0.462 e. The van der Waals surface area contributed by atoms with Crippen molar-refractivity contribution in [3.05, 3.63) is 105 Å². The number of benzene rings is 3. The molecule has 3 aromatic carbocycles. The Kier molecular flexibility index (Phi) is 7.03. The molecule has 210 valence electrons. The van der Waals surface area contributed by atoms with E-state index in [0.29, 0.717) is 12.1 Å². The molecule has 1 amide bonds. The molecule has 0 spiro atoms. The van der Waals surface area contributed by atoms with Crippen molar-refractivity contribution < 1.29 is 27.8 Å². The van der Waals surface area contributed by atoms with E-state index >= 15 is 4.39 Å². The predicted molar refractivity (Wildman–Crippen MR) is 149 cm³/mol. The second kappa shape index (κ2) is 10.8. The maximum atomic E-state index is 15.8. The van der Waals surface area contributed by atoms with Gasteiger partial charge in [0, 0.05) is 41.8 Å². The van der Waals surface area contributed by atoms with Crippen LogP contribution in [0.25, 0.3) is 22.0 Å². The van der Waals surface area contributed by atoms with Gasteiger partial charge in [-0.05, 0) is 54.2 Å². The van der Waals surface area contributed by atoms with E-state index in [9.17, 15) is 18.8 Å². The third kappa shape index (κ3) is 4.96. The molecule has 0 bridgehead atoms. The van der Waals surface area contributed by atoms with Crippen molar-refractivity contribution in [2.24, 2.45) is 0 Å². The van der Waals surface area contributed by atoms with E-state index in [2.05, 4.69) is 0 Å². The molecule has 1 saturated carbocycles. The predicted octanol–water partition coefficient (Wildman–Crippen LogP) is 6.44. The number of fused-ring (bicyclic) bond motifs is 2. The molecule has 2 heterocycles. The summed E-state index contributed by atoms with van der Waals surface area (Å²) >= 11 is 0. The molecule has 2 aliphatic rings. The minimum absolute atomic E-state index is 0.0228. The van der Waals surface area contributed by atoms with Crippen LogP contribution in [0.15, 0.2) is 65.6 Å². The van der Waals surface area contributed by atoms with E-state index in [1.165, 1.54) is 6.20 Å². The van der Waals surface area contributed by atoms with Crippen LogP contribution in [-0.4, -0.2) is 28.1 Å².